The summed E-state index contributed by atoms with van der Waals surface area (Å²) in [5.41, 5.74) is 1.56. The molecule has 78 valence electrons. The topological polar surface area (TPSA) is 49.3 Å². The zero-order valence-electron chi connectivity index (χ0n) is 8.79. The number of phenols is 1. The number of amides is 1. The first-order valence-electron chi connectivity index (χ1n) is 4.62. The van der Waals surface area contributed by atoms with Gasteiger partial charge in [-0.3, -0.25) is 4.79 Å². The summed E-state index contributed by atoms with van der Waals surface area (Å²) in [5, 5.41) is 12.1. The van der Waals surface area contributed by atoms with Crippen molar-refractivity contribution in [3.05, 3.63) is 29.3 Å². The van der Waals surface area contributed by atoms with Gasteiger partial charge in [-0.2, -0.15) is 0 Å². The van der Waals surface area contributed by atoms with E-state index in [1.165, 1.54) is 6.92 Å². The highest BCUT2D eigenvalue weighted by atomic mass is 16.3. The highest BCUT2D eigenvalue weighted by Gasteiger charge is 1.96. The van der Waals surface area contributed by atoms with Crippen LogP contribution in [0.1, 0.15) is 18.1 Å². The van der Waals surface area contributed by atoms with Gasteiger partial charge in [-0.25, -0.2) is 0 Å². The maximum absolute atomic E-state index is 10.5. The van der Waals surface area contributed by atoms with Gasteiger partial charge < -0.3 is 10.4 Å². The standard InChI is InChI=1S/C12H13NO2/c1-9-5-6-11(12(15)8-9)4-3-7-13-10(2)14/h5-6,8,15H,7H2,1-2H3,(H,13,14). The van der Waals surface area contributed by atoms with Gasteiger partial charge in [0.05, 0.1) is 12.1 Å². The van der Waals surface area contributed by atoms with Gasteiger partial charge in [0.15, 0.2) is 0 Å². The van der Waals surface area contributed by atoms with Crippen LogP contribution in [0.25, 0.3) is 0 Å². The van der Waals surface area contributed by atoms with Crippen molar-refractivity contribution in [1.82, 2.24) is 5.32 Å². The third-order valence-corrected chi connectivity index (χ3v) is 1.80. The van der Waals surface area contributed by atoms with Crippen LogP contribution in [0.4, 0.5) is 0 Å². The van der Waals surface area contributed by atoms with E-state index in [0.29, 0.717) is 12.1 Å². The molecule has 0 saturated carbocycles. The van der Waals surface area contributed by atoms with E-state index in [1.807, 2.05) is 13.0 Å². The van der Waals surface area contributed by atoms with Crippen LogP contribution >= 0.6 is 0 Å². The number of nitrogens with one attached hydrogen (secondary N) is 1. The Morgan fingerprint density at radius 3 is 2.87 bits per heavy atom. The van der Waals surface area contributed by atoms with Gasteiger partial charge in [0.25, 0.3) is 0 Å². The monoisotopic (exact) mass is 203 g/mol. The molecule has 0 fully saturated rings. The van der Waals surface area contributed by atoms with Crippen LogP contribution in [0.5, 0.6) is 5.75 Å². The summed E-state index contributed by atoms with van der Waals surface area (Å²) in [7, 11) is 0. The van der Waals surface area contributed by atoms with E-state index in [4.69, 9.17) is 0 Å². The number of phenolic OH excluding ortho intramolecular Hbond substituents is 1. The van der Waals surface area contributed by atoms with Gasteiger partial charge in [-0.05, 0) is 24.6 Å². The lowest BCUT2D eigenvalue weighted by Crippen LogP contribution is -2.19. The molecule has 0 aliphatic heterocycles. The normalized spacial score (nSPS) is 8.93. The van der Waals surface area contributed by atoms with E-state index in [2.05, 4.69) is 17.2 Å². The predicted molar refractivity (Wildman–Crippen MR) is 58.4 cm³/mol. The molecule has 2 N–H and O–H groups in total. The van der Waals surface area contributed by atoms with Crippen LogP contribution in [0.2, 0.25) is 0 Å². The second-order valence-corrected chi connectivity index (χ2v) is 3.23. The maximum Gasteiger partial charge on any atom is 0.217 e. The Morgan fingerprint density at radius 2 is 2.27 bits per heavy atom. The predicted octanol–water partition coefficient (Wildman–Crippen LogP) is 1.19. The first kappa shape index (κ1) is 11.1. The Balaban J connectivity index is 2.67. The molecule has 0 saturated heterocycles. The van der Waals surface area contributed by atoms with Gasteiger partial charge in [-0.15, -0.1) is 0 Å². The molecule has 1 amide bonds. The first-order chi connectivity index (χ1) is 7.09. The summed E-state index contributed by atoms with van der Waals surface area (Å²) < 4.78 is 0. The van der Waals surface area contributed by atoms with E-state index >= 15 is 0 Å². The number of benzene rings is 1. The molecule has 0 aliphatic carbocycles. The molecule has 1 rings (SSSR count). The van der Waals surface area contributed by atoms with Crippen LogP contribution in [0.15, 0.2) is 18.2 Å². The van der Waals surface area contributed by atoms with Crippen molar-refractivity contribution in [2.45, 2.75) is 13.8 Å². The van der Waals surface area contributed by atoms with E-state index in [9.17, 15) is 9.90 Å². The van der Waals surface area contributed by atoms with Crippen molar-refractivity contribution < 1.29 is 9.90 Å². The second-order valence-electron chi connectivity index (χ2n) is 3.23. The fourth-order valence-corrected chi connectivity index (χ4v) is 1.06. The van der Waals surface area contributed by atoms with Gasteiger partial charge >= 0.3 is 0 Å². The van der Waals surface area contributed by atoms with Crippen molar-refractivity contribution in [1.29, 1.82) is 0 Å². The van der Waals surface area contributed by atoms with E-state index < -0.39 is 0 Å². The quantitative estimate of drug-likeness (QED) is 0.673. The fourth-order valence-electron chi connectivity index (χ4n) is 1.06. The van der Waals surface area contributed by atoms with Crippen LogP contribution in [-0.2, 0) is 4.79 Å². The van der Waals surface area contributed by atoms with Crippen molar-refractivity contribution in [2.24, 2.45) is 0 Å². The lowest BCUT2D eigenvalue weighted by atomic mass is 10.1. The Hall–Kier alpha value is -1.95. The van der Waals surface area contributed by atoms with Gasteiger partial charge in [-0.1, -0.05) is 17.9 Å². The number of hydrogen-bond donors (Lipinski definition) is 2. The summed E-state index contributed by atoms with van der Waals surface area (Å²) in [6, 6.07) is 5.29. The van der Waals surface area contributed by atoms with Crippen molar-refractivity contribution in [2.75, 3.05) is 6.54 Å². The first-order valence-corrected chi connectivity index (χ1v) is 4.62. The van der Waals surface area contributed by atoms with Crippen molar-refractivity contribution >= 4 is 5.91 Å². The van der Waals surface area contributed by atoms with Gasteiger partial charge in [0.2, 0.25) is 5.91 Å². The molecule has 0 bridgehead atoms. The van der Waals surface area contributed by atoms with E-state index in [-0.39, 0.29) is 11.7 Å². The zero-order chi connectivity index (χ0) is 11.3. The lowest BCUT2D eigenvalue weighted by molar-refractivity contribution is -0.118. The minimum absolute atomic E-state index is 0.113. The van der Waals surface area contributed by atoms with Gasteiger partial charge in [0.1, 0.15) is 5.75 Å². The molecule has 0 heterocycles. The second kappa shape index (κ2) is 5.06. The summed E-state index contributed by atoms with van der Waals surface area (Å²) in [5.74, 6) is 5.59. The Morgan fingerprint density at radius 1 is 1.53 bits per heavy atom. The number of rotatable bonds is 1. The molecule has 3 nitrogen and oxygen atoms in total. The van der Waals surface area contributed by atoms with Crippen LogP contribution < -0.4 is 5.32 Å². The number of aromatic hydroxyl groups is 1. The summed E-state index contributed by atoms with van der Waals surface area (Å²) >= 11 is 0. The Bertz CT molecular complexity index is 427. The van der Waals surface area contributed by atoms with E-state index in [1.54, 1.807) is 12.1 Å². The van der Waals surface area contributed by atoms with Gasteiger partial charge in [0, 0.05) is 6.92 Å². The molecule has 1 aromatic carbocycles. The number of carbonyl (C=O) groups is 1. The van der Waals surface area contributed by atoms with Crippen LogP contribution in [0.3, 0.4) is 0 Å². The SMILES string of the molecule is CC(=O)NCC#Cc1ccc(C)cc1O. The minimum Gasteiger partial charge on any atom is -0.507 e. The minimum atomic E-state index is -0.113. The Labute approximate surface area is 89.1 Å². The molecule has 0 spiro atoms. The molecule has 0 aliphatic rings. The van der Waals surface area contributed by atoms with Crippen molar-refractivity contribution in [3.8, 4) is 17.6 Å². The average Bonchev–Trinajstić information content (AvgIpc) is 2.14. The third-order valence-electron chi connectivity index (χ3n) is 1.80. The third kappa shape index (κ3) is 3.74. The summed E-state index contributed by atoms with van der Waals surface area (Å²) in [6.07, 6.45) is 0. The number of aryl methyl sites for hydroxylation is 1. The number of carbonyl (C=O) groups excluding carboxylic acids is 1. The van der Waals surface area contributed by atoms with E-state index in [0.717, 1.165) is 5.56 Å². The molecular formula is C12H13NO2. The largest absolute Gasteiger partial charge is 0.507 e. The molecule has 1 aromatic rings. The Kier molecular flexibility index (Phi) is 3.75. The highest BCUT2D eigenvalue weighted by Crippen LogP contribution is 2.16. The summed E-state index contributed by atoms with van der Waals surface area (Å²) in [4.78, 5) is 10.5. The molecule has 15 heavy (non-hydrogen) atoms. The highest BCUT2D eigenvalue weighted by molar-refractivity contribution is 5.73. The van der Waals surface area contributed by atoms with Crippen molar-refractivity contribution in [3.63, 3.8) is 0 Å². The number of hydrogen-bond acceptors (Lipinski definition) is 2. The molecule has 0 atom stereocenters. The molecule has 0 aromatic heterocycles. The lowest BCUT2D eigenvalue weighted by Gasteiger charge is -1.97. The smallest absolute Gasteiger partial charge is 0.217 e. The fraction of sp³-hybridized carbons (Fsp3) is 0.250. The van der Waals surface area contributed by atoms with Crippen LogP contribution in [-0.4, -0.2) is 17.6 Å². The maximum atomic E-state index is 10.5. The van der Waals surface area contributed by atoms with Crippen LogP contribution in [0, 0.1) is 18.8 Å². The molecule has 0 radical (unpaired) electrons. The average molecular weight is 203 g/mol. The molecule has 3 heteroatoms. The summed E-state index contributed by atoms with van der Waals surface area (Å²) in [6.45, 7) is 3.63. The zero-order valence-corrected chi connectivity index (χ0v) is 8.79. The molecule has 0 unspecified atom stereocenters. The molecular weight excluding hydrogens is 190 g/mol.